The van der Waals surface area contributed by atoms with Crippen LogP contribution >= 0.6 is 0 Å². The van der Waals surface area contributed by atoms with Crippen molar-refractivity contribution in [2.75, 3.05) is 19.6 Å². The fraction of sp³-hybridized carbons (Fsp3) is 0.889. The molecule has 3 aliphatic heterocycles. The lowest BCUT2D eigenvalue weighted by atomic mass is 9.66. The Morgan fingerprint density at radius 1 is 1.50 bits per heavy atom. The Hall–Kier alpha value is -0.570. The van der Waals surface area contributed by atoms with Gasteiger partial charge in [0, 0.05) is 6.54 Å². The quantitative estimate of drug-likeness (QED) is 0.631. The van der Waals surface area contributed by atoms with Gasteiger partial charge in [-0.3, -0.25) is 4.79 Å². The molecule has 0 saturated carbocycles. The van der Waals surface area contributed by atoms with Gasteiger partial charge >= 0.3 is 5.97 Å². The first-order valence-electron chi connectivity index (χ1n) is 4.57. The van der Waals surface area contributed by atoms with Gasteiger partial charge in [0.15, 0.2) is 0 Å². The van der Waals surface area contributed by atoms with Crippen molar-refractivity contribution in [1.29, 1.82) is 0 Å². The summed E-state index contributed by atoms with van der Waals surface area (Å²) in [6.07, 6.45) is 2.12. The minimum absolute atomic E-state index is 0.0839. The number of carboxylic acid groups (broad SMARTS) is 1. The van der Waals surface area contributed by atoms with Crippen LogP contribution in [0.4, 0.5) is 0 Å². The van der Waals surface area contributed by atoms with Crippen LogP contribution in [0, 0.1) is 11.3 Å². The van der Waals surface area contributed by atoms with Crippen molar-refractivity contribution < 1.29 is 9.90 Å². The van der Waals surface area contributed by atoms with Gasteiger partial charge in [-0.25, -0.2) is 0 Å². The van der Waals surface area contributed by atoms with Crippen molar-refractivity contribution in [3.05, 3.63) is 0 Å². The van der Waals surface area contributed by atoms with Gasteiger partial charge in [-0.05, 0) is 31.3 Å². The summed E-state index contributed by atoms with van der Waals surface area (Å²) in [7, 11) is 0. The van der Waals surface area contributed by atoms with Gasteiger partial charge < -0.3 is 10.0 Å². The number of hydrogen-bond acceptors (Lipinski definition) is 2. The van der Waals surface area contributed by atoms with E-state index in [1.165, 1.54) is 0 Å². The monoisotopic (exact) mass is 169 g/mol. The molecule has 0 spiro atoms. The summed E-state index contributed by atoms with van der Waals surface area (Å²) < 4.78 is 0. The summed E-state index contributed by atoms with van der Waals surface area (Å²) in [5, 5.41) is 9.00. The number of piperidine rings is 3. The van der Waals surface area contributed by atoms with Crippen LogP contribution in [0.25, 0.3) is 0 Å². The Kier molecular flexibility index (Phi) is 1.65. The van der Waals surface area contributed by atoms with Crippen molar-refractivity contribution in [3.63, 3.8) is 0 Å². The number of rotatable bonds is 1. The third-order valence-corrected chi connectivity index (χ3v) is 3.58. The van der Waals surface area contributed by atoms with Crippen LogP contribution in [0.3, 0.4) is 0 Å². The molecular weight excluding hydrogens is 154 g/mol. The lowest BCUT2D eigenvalue weighted by Gasteiger charge is -2.50. The van der Waals surface area contributed by atoms with Crippen LogP contribution in [-0.2, 0) is 4.79 Å². The molecule has 68 valence electrons. The van der Waals surface area contributed by atoms with E-state index >= 15 is 0 Å². The van der Waals surface area contributed by atoms with Crippen molar-refractivity contribution in [2.24, 2.45) is 11.3 Å². The molecule has 1 unspecified atom stereocenters. The zero-order chi connectivity index (χ0) is 8.77. The highest BCUT2D eigenvalue weighted by Crippen LogP contribution is 2.43. The number of aliphatic carboxylic acids is 1. The Morgan fingerprint density at radius 2 is 2.08 bits per heavy atom. The Bertz CT molecular complexity index is 207. The standard InChI is InChI=1S/C9H15NO2/c1-9-2-4-10(5-3-9)6-7(9)8(11)12/h7H,2-6H2,1H3,(H,11,12). The third kappa shape index (κ3) is 1.04. The average Bonchev–Trinajstić information content (AvgIpc) is 2.04. The predicted octanol–water partition coefficient (Wildman–Crippen LogP) is 0.803. The number of nitrogens with zero attached hydrogens (tertiary/aromatic N) is 1. The summed E-state index contributed by atoms with van der Waals surface area (Å²) in [6, 6.07) is 0. The molecule has 0 aromatic heterocycles. The van der Waals surface area contributed by atoms with Crippen LogP contribution in [-0.4, -0.2) is 35.6 Å². The van der Waals surface area contributed by atoms with Crippen molar-refractivity contribution in [1.82, 2.24) is 4.90 Å². The first-order chi connectivity index (χ1) is 5.62. The summed E-state index contributed by atoms with van der Waals surface area (Å²) >= 11 is 0. The van der Waals surface area contributed by atoms with Gasteiger partial charge in [0.25, 0.3) is 0 Å². The Morgan fingerprint density at radius 3 is 2.42 bits per heavy atom. The molecule has 3 fully saturated rings. The highest BCUT2D eigenvalue weighted by atomic mass is 16.4. The molecular formula is C9H15NO2. The Labute approximate surface area is 72.4 Å². The van der Waals surface area contributed by atoms with E-state index in [4.69, 9.17) is 5.11 Å². The van der Waals surface area contributed by atoms with E-state index in [1.54, 1.807) is 0 Å². The number of carboxylic acids is 1. The van der Waals surface area contributed by atoms with Gasteiger partial charge in [0.1, 0.15) is 0 Å². The lowest BCUT2D eigenvalue weighted by molar-refractivity contribution is -0.154. The SMILES string of the molecule is CC12CCN(CC1)CC2C(=O)O. The maximum atomic E-state index is 10.9. The normalized spacial score (nSPS) is 46.1. The van der Waals surface area contributed by atoms with E-state index in [2.05, 4.69) is 11.8 Å². The molecule has 3 heterocycles. The second kappa shape index (κ2) is 2.46. The topological polar surface area (TPSA) is 40.5 Å². The Balaban J connectivity index is 2.20. The van der Waals surface area contributed by atoms with E-state index in [0.29, 0.717) is 0 Å². The molecule has 0 aliphatic carbocycles. The van der Waals surface area contributed by atoms with E-state index in [0.717, 1.165) is 32.5 Å². The zero-order valence-corrected chi connectivity index (χ0v) is 7.42. The van der Waals surface area contributed by atoms with E-state index in [1.807, 2.05) is 0 Å². The molecule has 3 saturated heterocycles. The maximum absolute atomic E-state index is 10.9. The van der Waals surface area contributed by atoms with E-state index in [-0.39, 0.29) is 11.3 Å². The molecule has 3 aliphatic rings. The van der Waals surface area contributed by atoms with Crippen LogP contribution < -0.4 is 0 Å². The molecule has 3 heteroatoms. The van der Waals surface area contributed by atoms with Crippen LogP contribution in [0.1, 0.15) is 19.8 Å². The van der Waals surface area contributed by atoms with E-state index in [9.17, 15) is 4.79 Å². The number of carbonyl (C=O) groups is 1. The average molecular weight is 169 g/mol. The summed E-state index contributed by atoms with van der Waals surface area (Å²) in [6.45, 7) is 5.09. The van der Waals surface area contributed by atoms with Crippen molar-refractivity contribution >= 4 is 5.97 Å². The summed E-state index contributed by atoms with van der Waals surface area (Å²) in [5.41, 5.74) is 0.0839. The zero-order valence-electron chi connectivity index (χ0n) is 7.42. The molecule has 3 nitrogen and oxygen atoms in total. The third-order valence-electron chi connectivity index (χ3n) is 3.58. The fourth-order valence-electron chi connectivity index (χ4n) is 2.45. The predicted molar refractivity (Wildman–Crippen MR) is 44.9 cm³/mol. The molecule has 1 N–H and O–H groups in total. The number of fused-ring (bicyclic) bond motifs is 3. The number of hydrogen-bond donors (Lipinski definition) is 1. The van der Waals surface area contributed by atoms with Crippen molar-refractivity contribution in [2.45, 2.75) is 19.8 Å². The van der Waals surface area contributed by atoms with Gasteiger partial charge in [-0.1, -0.05) is 6.92 Å². The molecule has 2 bridgehead atoms. The summed E-state index contributed by atoms with van der Waals surface area (Å²) in [5.74, 6) is -0.734. The lowest BCUT2D eigenvalue weighted by Crippen LogP contribution is -2.55. The molecule has 0 aromatic carbocycles. The second-order valence-corrected chi connectivity index (χ2v) is 4.35. The molecule has 0 amide bonds. The van der Waals surface area contributed by atoms with Gasteiger partial charge in [-0.2, -0.15) is 0 Å². The fourth-order valence-corrected chi connectivity index (χ4v) is 2.45. The molecule has 0 aromatic rings. The van der Waals surface area contributed by atoms with Crippen LogP contribution in [0.15, 0.2) is 0 Å². The van der Waals surface area contributed by atoms with Crippen molar-refractivity contribution in [3.8, 4) is 0 Å². The maximum Gasteiger partial charge on any atom is 0.308 e. The first-order valence-corrected chi connectivity index (χ1v) is 4.57. The summed E-state index contributed by atoms with van der Waals surface area (Å²) in [4.78, 5) is 13.2. The molecule has 1 atom stereocenters. The first kappa shape index (κ1) is 8.05. The van der Waals surface area contributed by atoms with Gasteiger partial charge in [-0.15, -0.1) is 0 Å². The van der Waals surface area contributed by atoms with E-state index < -0.39 is 5.97 Å². The minimum Gasteiger partial charge on any atom is -0.481 e. The second-order valence-electron chi connectivity index (χ2n) is 4.35. The largest absolute Gasteiger partial charge is 0.481 e. The van der Waals surface area contributed by atoms with Crippen LogP contribution in [0.5, 0.6) is 0 Å². The molecule has 12 heavy (non-hydrogen) atoms. The highest BCUT2D eigenvalue weighted by Gasteiger charge is 2.46. The van der Waals surface area contributed by atoms with Gasteiger partial charge in [0.2, 0.25) is 0 Å². The van der Waals surface area contributed by atoms with Gasteiger partial charge in [0.05, 0.1) is 5.92 Å². The molecule has 3 rings (SSSR count). The smallest absolute Gasteiger partial charge is 0.308 e. The minimum atomic E-state index is -0.609. The van der Waals surface area contributed by atoms with Crippen LogP contribution in [0.2, 0.25) is 0 Å². The highest BCUT2D eigenvalue weighted by molar-refractivity contribution is 5.71. The molecule has 0 radical (unpaired) electrons.